The predicted molar refractivity (Wildman–Crippen MR) is 122 cm³/mol. The summed E-state index contributed by atoms with van der Waals surface area (Å²) in [7, 11) is -0.447. The molecule has 0 N–H and O–H groups in total. The van der Waals surface area contributed by atoms with Crippen LogP contribution < -0.4 is 0 Å². The lowest BCUT2D eigenvalue weighted by molar-refractivity contribution is -0.109. The number of benzene rings is 1. The molecule has 0 bridgehead atoms. The Morgan fingerprint density at radius 3 is 1.89 bits per heavy atom. The Morgan fingerprint density at radius 1 is 1.04 bits per heavy atom. The minimum atomic E-state index is -0.447. The number of carbonyl (C=O) groups is 1. The topological polar surface area (TPSA) is 35.5 Å². The maximum absolute atomic E-state index is 11.7. The fourth-order valence-corrected chi connectivity index (χ4v) is 3.91. The quantitative estimate of drug-likeness (QED) is 0.529. The van der Waals surface area contributed by atoms with Crippen LogP contribution in [-0.2, 0) is 14.1 Å². The lowest BCUT2D eigenvalue weighted by Crippen LogP contribution is -2.41. The van der Waals surface area contributed by atoms with Crippen molar-refractivity contribution in [3.63, 3.8) is 0 Å². The fraction of sp³-hybridized carbons (Fsp3) is 0.609. The Labute approximate surface area is 175 Å². The van der Waals surface area contributed by atoms with Gasteiger partial charge < -0.3 is 9.31 Å². The van der Waals surface area contributed by atoms with Gasteiger partial charge in [-0.15, -0.1) is 0 Å². The molecule has 0 aliphatic carbocycles. The van der Waals surface area contributed by atoms with E-state index in [1.54, 1.807) is 6.92 Å². The van der Waals surface area contributed by atoms with Crippen molar-refractivity contribution < 1.29 is 14.1 Å². The summed E-state index contributed by atoms with van der Waals surface area (Å²) in [4.78, 5) is 11.7. The highest BCUT2D eigenvalue weighted by Gasteiger charge is 2.52. The molecule has 1 aliphatic rings. The van der Waals surface area contributed by atoms with Gasteiger partial charge in [0.15, 0.2) is 5.12 Å². The molecule has 1 aromatic carbocycles. The van der Waals surface area contributed by atoms with E-state index in [1.165, 1.54) is 28.5 Å². The van der Waals surface area contributed by atoms with Gasteiger partial charge in [-0.25, -0.2) is 0 Å². The van der Waals surface area contributed by atoms with Crippen molar-refractivity contribution in [1.82, 2.24) is 0 Å². The molecule has 0 amide bonds. The first-order chi connectivity index (χ1) is 12.9. The molecule has 0 aromatic heterocycles. The Morgan fingerprint density at radius 2 is 1.50 bits per heavy atom. The molecule has 1 aromatic rings. The van der Waals surface area contributed by atoms with E-state index in [2.05, 4.69) is 79.7 Å². The first-order valence-corrected chi connectivity index (χ1v) is 11.2. The van der Waals surface area contributed by atoms with Gasteiger partial charge in [0.05, 0.1) is 11.2 Å². The van der Waals surface area contributed by atoms with Crippen LogP contribution in [0, 0.1) is 0 Å². The van der Waals surface area contributed by atoms with Gasteiger partial charge in [0, 0.05) is 12.7 Å². The normalized spacial score (nSPS) is 19.0. The van der Waals surface area contributed by atoms with Crippen LogP contribution in [0.5, 0.6) is 0 Å². The summed E-state index contributed by atoms with van der Waals surface area (Å²) in [5.41, 5.74) is 4.06. The molecule has 28 heavy (non-hydrogen) atoms. The molecule has 0 spiro atoms. The highest BCUT2D eigenvalue weighted by atomic mass is 32.2. The molecule has 1 heterocycles. The SMILES string of the molecule is CC(=O)SCC(=Cc1c(C(C)C)cccc1C(C)C)B1OC(C)(C)C(C)(C)O1. The monoisotopic (exact) mass is 402 g/mol. The van der Waals surface area contributed by atoms with E-state index >= 15 is 0 Å². The molecule has 1 aliphatic heterocycles. The van der Waals surface area contributed by atoms with Crippen molar-refractivity contribution in [3.05, 3.63) is 40.4 Å². The summed E-state index contributed by atoms with van der Waals surface area (Å²) >= 11 is 1.31. The molecule has 5 heteroatoms. The summed E-state index contributed by atoms with van der Waals surface area (Å²) < 4.78 is 12.6. The molecule has 154 valence electrons. The summed E-state index contributed by atoms with van der Waals surface area (Å²) in [5.74, 6) is 1.38. The first kappa shape index (κ1) is 23.2. The second kappa shape index (κ2) is 8.77. The molecule has 0 saturated carbocycles. The van der Waals surface area contributed by atoms with Crippen LogP contribution in [0.15, 0.2) is 23.7 Å². The molecule has 0 atom stereocenters. The Hall–Kier alpha value is -1.04. The molecule has 1 saturated heterocycles. The second-order valence-electron chi connectivity index (χ2n) is 9.25. The number of thioether (sulfide) groups is 1. The van der Waals surface area contributed by atoms with E-state index in [0.717, 1.165) is 5.47 Å². The number of hydrogen-bond acceptors (Lipinski definition) is 4. The summed E-state index contributed by atoms with van der Waals surface area (Å²) in [6, 6.07) is 6.53. The predicted octanol–water partition coefficient (Wildman–Crippen LogP) is 6.23. The third-order valence-corrected chi connectivity index (χ3v) is 6.63. The van der Waals surface area contributed by atoms with Crippen LogP contribution in [0.1, 0.15) is 90.8 Å². The lowest BCUT2D eigenvalue weighted by atomic mass is 9.76. The van der Waals surface area contributed by atoms with Crippen LogP contribution in [0.25, 0.3) is 6.08 Å². The van der Waals surface area contributed by atoms with Crippen molar-refractivity contribution in [2.45, 2.75) is 85.4 Å². The number of hydrogen-bond donors (Lipinski definition) is 0. The first-order valence-electron chi connectivity index (χ1n) is 10.2. The number of carbonyl (C=O) groups excluding carboxylic acids is 1. The van der Waals surface area contributed by atoms with Crippen LogP contribution in [-0.4, -0.2) is 29.2 Å². The van der Waals surface area contributed by atoms with E-state index in [1.807, 2.05) is 0 Å². The van der Waals surface area contributed by atoms with E-state index in [4.69, 9.17) is 9.31 Å². The third kappa shape index (κ3) is 5.11. The average Bonchev–Trinajstić information content (AvgIpc) is 2.78. The van der Waals surface area contributed by atoms with Gasteiger partial charge in [-0.05, 0) is 61.7 Å². The highest BCUT2D eigenvalue weighted by Crippen LogP contribution is 2.40. The Kier molecular flexibility index (Phi) is 7.28. The zero-order valence-electron chi connectivity index (χ0n) is 18.9. The van der Waals surface area contributed by atoms with Crippen molar-refractivity contribution in [3.8, 4) is 0 Å². The van der Waals surface area contributed by atoms with Crippen molar-refractivity contribution >= 4 is 30.1 Å². The van der Waals surface area contributed by atoms with Gasteiger partial charge in [0.25, 0.3) is 0 Å². The maximum Gasteiger partial charge on any atom is 0.491 e. The smallest absolute Gasteiger partial charge is 0.400 e. The Balaban J connectivity index is 2.56. The molecular formula is C23H35BO3S. The molecule has 0 unspecified atom stereocenters. The van der Waals surface area contributed by atoms with Gasteiger partial charge in [-0.2, -0.15) is 0 Å². The zero-order chi connectivity index (χ0) is 21.3. The maximum atomic E-state index is 11.7. The van der Waals surface area contributed by atoms with Crippen molar-refractivity contribution in [1.29, 1.82) is 0 Å². The zero-order valence-corrected chi connectivity index (χ0v) is 19.7. The van der Waals surface area contributed by atoms with Gasteiger partial charge in [-0.1, -0.05) is 63.7 Å². The standard InChI is InChI=1S/C23H35BO3S/c1-15(2)19-11-10-12-20(16(3)4)21(19)13-18(14-28-17(5)25)24-26-22(6,7)23(8,9)27-24/h10-13,15-16H,14H2,1-9H3. The van der Waals surface area contributed by atoms with Gasteiger partial charge in [-0.3, -0.25) is 4.79 Å². The highest BCUT2D eigenvalue weighted by molar-refractivity contribution is 8.13. The Bertz CT molecular complexity index is 708. The van der Waals surface area contributed by atoms with Crippen LogP contribution in [0.2, 0.25) is 0 Å². The largest absolute Gasteiger partial charge is 0.491 e. The van der Waals surface area contributed by atoms with Crippen LogP contribution >= 0.6 is 11.8 Å². The molecule has 3 nitrogen and oxygen atoms in total. The second-order valence-corrected chi connectivity index (χ2v) is 10.4. The fourth-order valence-electron chi connectivity index (χ4n) is 3.32. The molecule has 1 fully saturated rings. The molecule has 2 rings (SSSR count). The molecule has 0 radical (unpaired) electrons. The summed E-state index contributed by atoms with van der Waals surface area (Å²) in [6.45, 7) is 18.7. The summed E-state index contributed by atoms with van der Waals surface area (Å²) in [6.07, 6.45) is 2.21. The minimum Gasteiger partial charge on any atom is -0.400 e. The van der Waals surface area contributed by atoms with Crippen LogP contribution in [0.4, 0.5) is 0 Å². The number of rotatable bonds is 6. The van der Waals surface area contributed by atoms with Crippen molar-refractivity contribution in [2.24, 2.45) is 0 Å². The third-order valence-electron chi connectivity index (χ3n) is 5.75. The van der Waals surface area contributed by atoms with Gasteiger partial charge in [0.1, 0.15) is 0 Å². The van der Waals surface area contributed by atoms with Crippen molar-refractivity contribution in [2.75, 3.05) is 5.75 Å². The minimum absolute atomic E-state index is 0.101. The average molecular weight is 402 g/mol. The van der Waals surface area contributed by atoms with E-state index in [0.29, 0.717) is 17.6 Å². The van der Waals surface area contributed by atoms with Gasteiger partial charge >= 0.3 is 7.12 Å². The van der Waals surface area contributed by atoms with E-state index in [9.17, 15) is 4.79 Å². The van der Waals surface area contributed by atoms with Crippen LogP contribution in [0.3, 0.4) is 0 Å². The van der Waals surface area contributed by atoms with E-state index in [-0.39, 0.29) is 5.12 Å². The van der Waals surface area contributed by atoms with Gasteiger partial charge in [0.2, 0.25) is 0 Å². The summed E-state index contributed by atoms with van der Waals surface area (Å²) in [5, 5.41) is 0.101. The molecular weight excluding hydrogens is 367 g/mol. The lowest BCUT2D eigenvalue weighted by Gasteiger charge is -2.32. The van der Waals surface area contributed by atoms with E-state index < -0.39 is 18.3 Å².